The smallest absolute Gasteiger partial charge is 0.142 e. The second-order valence-corrected chi connectivity index (χ2v) is 5.42. The molecule has 1 atom stereocenters. The van der Waals surface area contributed by atoms with Gasteiger partial charge in [0.15, 0.2) is 0 Å². The molecule has 2 rings (SSSR count). The van der Waals surface area contributed by atoms with E-state index in [4.69, 9.17) is 17.4 Å². The van der Waals surface area contributed by atoms with Crippen LogP contribution in [0.4, 0.5) is 4.39 Å². The predicted octanol–water partition coefficient (Wildman–Crippen LogP) is 3.84. The Labute approximate surface area is 123 Å². The molecule has 0 aromatic heterocycles. The fraction of sp³-hybridized carbons (Fsp3) is 0.250. The maximum atomic E-state index is 13.5. The summed E-state index contributed by atoms with van der Waals surface area (Å²) in [4.78, 5) is 0. The first-order valence-electron chi connectivity index (χ1n) is 6.48. The van der Waals surface area contributed by atoms with E-state index in [1.807, 2.05) is 0 Å². The minimum absolute atomic E-state index is 0.121. The maximum Gasteiger partial charge on any atom is 0.142 e. The van der Waals surface area contributed by atoms with Crippen LogP contribution in [0.5, 0.6) is 0 Å². The van der Waals surface area contributed by atoms with Crippen LogP contribution in [0.15, 0.2) is 36.4 Å². The molecule has 2 aromatic carbocycles. The lowest BCUT2D eigenvalue weighted by atomic mass is 9.97. The molecule has 106 valence electrons. The quantitative estimate of drug-likeness (QED) is 0.664. The molecule has 0 aliphatic carbocycles. The van der Waals surface area contributed by atoms with Crippen molar-refractivity contribution in [3.8, 4) is 0 Å². The molecule has 0 saturated heterocycles. The third kappa shape index (κ3) is 3.37. The molecule has 0 spiro atoms. The zero-order valence-electron chi connectivity index (χ0n) is 11.6. The number of halogens is 2. The molecule has 20 heavy (non-hydrogen) atoms. The van der Waals surface area contributed by atoms with Crippen LogP contribution in [0.3, 0.4) is 0 Å². The van der Waals surface area contributed by atoms with Gasteiger partial charge in [0, 0.05) is 0 Å². The van der Waals surface area contributed by atoms with E-state index in [1.54, 1.807) is 12.1 Å². The minimum Gasteiger partial charge on any atom is -0.271 e. The fourth-order valence-electron chi connectivity index (χ4n) is 2.17. The van der Waals surface area contributed by atoms with Gasteiger partial charge in [-0.25, -0.2) is 4.39 Å². The number of rotatable bonds is 4. The Hall–Kier alpha value is -1.42. The first-order chi connectivity index (χ1) is 9.51. The highest BCUT2D eigenvalue weighted by Crippen LogP contribution is 2.23. The third-order valence-corrected chi connectivity index (χ3v) is 3.86. The summed E-state index contributed by atoms with van der Waals surface area (Å²) in [5.41, 5.74) is 7.17. The standard InChI is InChI=1S/C16H18ClFN2/c1-10-3-4-12(7-11(10)2)8-16(20-19)13-5-6-14(17)15(18)9-13/h3-7,9,16,20H,8,19H2,1-2H3. The van der Waals surface area contributed by atoms with Crippen LogP contribution in [-0.2, 0) is 6.42 Å². The Bertz CT molecular complexity index is 613. The van der Waals surface area contributed by atoms with Crippen LogP contribution < -0.4 is 11.3 Å². The van der Waals surface area contributed by atoms with Crippen LogP contribution >= 0.6 is 11.6 Å². The number of nitrogens with one attached hydrogen (secondary N) is 1. The number of nitrogens with two attached hydrogens (primary N) is 1. The van der Waals surface area contributed by atoms with Crippen LogP contribution in [-0.4, -0.2) is 0 Å². The Kier molecular flexibility index (Phi) is 4.76. The van der Waals surface area contributed by atoms with Gasteiger partial charge >= 0.3 is 0 Å². The summed E-state index contributed by atoms with van der Waals surface area (Å²) >= 11 is 5.70. The van der Waals surface area contributed by atoms with Crippen molar-refractivity contribution in [3.05, 3.63) is 69.5 Å². The average Bonchev–Trinajstić information content (AvgIpc) is 2.43. The van der Waals surface area contributed by atoms with Gasteiger partial charge < -0.3 is 0 Å². The van der Waals surface area contributed by atoms with Gasteiger partial charge in [0.2, 0.25) is 0 Å². The molecule has 0 aliphatic rings. The van der Waals surface area contributed by atoms with Gasteiger partial charge in [0.25, 0.3) is 0 Å². The van der Waals surface area contributed by atoms with E-state index in [0.29, 0.717) is 6.42 Å². The van der Waals surface area contributed by atoms with Crippen molar-refractivity contribution in [3.63, 3.8) is 0 Å². The first-order valence-corrected chi connectivity index (χ1v) is 6.86. The van der Waals surface area contributed by atoms with Gasteiger partial charge in [-0.15, -0.1) is 0 Å². The summed E-state index contributed by atoms with van der Waals surface area (Å²) in [5.74, 6) is 5.18. The second kappa shape index (κ2) is 6.35. The van der Waals surface area contributed by atoms with Crippen LogP contribution in [0.1, 0.15) is 28.3 Å². The van der Waals surface area contributed by atoms with Crippen LogP contribution in [0.2, 0.25) is 5.02 Å². The number of hydrogen-bond acceptors (Lipinski definition) is 2. The highest BCUT2D eigenvalue weighted by Gasteiger charge is 2.13. The molecule has 3 N–H and O–H groups in total. The molecule has 0 fully saturated rings. The molecule has 2 nitrogen and oxygen atoms in total. The Morgan fingerprint density at radius 2 is 1.90 bits per heavy atom. The van der Waals surface area contributed by atoms with Crippen molar-refractivity contribution >= 4 is 11.6 Å². The lowest BCUT2D eigenvalue weighted by molar-refractivity contribution is 0.544. The summed E-state index contributed by atoms with van der Waals surface area (Å²) in [5, 5.41) is 0.121. The van der Waals surface area contributed by atoms with Crippen molar-refractivity contribution < 1.29 is 4.39 Å². The van der Waals surface area contributed by atoms with Gasteiger partial charge in [-0.3, -0.25) is 11.3 Å². The van der Waals surface area contributed by atoms with E-state index in [9.17, 15) is 4.39 Å². The molecular weight excluding hydrogens is 275 g/mol. The zero-order chi connectivity index (χ0) is 14.7. The predicted molar refractivity (Wildman–Crippen MR) is 81.1 cm³/mol. The molecule has 0 heterocycles. The Morgan fingerprint density at radius 1 is 1.15 bits per heavy atom. The summed E-state index contributed by atoms with van der Waals surface area (Å²) in [6, 6.07) is 10.9. The van der Waals surface area contributed by atoms with E-state index in [2.05, 4.69) is 37.5 Å². The lowest BCUT2D eigenvalue weighted by Crippen LogP contribution is -2.29. The minimum atomic E-state index is -0.426. The van der Waals surface area contributed by atoms with Gasteiger partial charge in [-0.2, -0.15) is 0 Å². The van der Waals surface area contributed by atoms with Crippen molar-refractivity contribution in [1.29, 1.82) is 0 Å². The lowest BCUT2D eigenvalue weighted by Gasteiger charge is -2.17. The van der Waals surface area contributed by atoms with Crippen molar-refractivity contribution in [2.45, 2.75) is 26.3 Å². The highest BCUT2D eigenvalue weighted by atomic mass is 35.5. The highest BCUT2D eigenvalue weighted by molar-refractivity contribution is 6.30. The zero-order valence-corrected chi connectivity index (χ0v) is 12.3. The molecule has 0 radical (unpaired) electrons. The average molecular weight is 293 g/mol. The van der Waals surface area contributed by atoms with Gasteiger partial charge in [0.05, 0.1) is 11.1 Å². The summed E-state index contributed by atoms with van der Waals surface area (Å²) < 4.78 is 13.5. The molecule has 0 aliphatic heterocycles. The SMILES string of the molecule is Cc1ccc(CC(NN)c2ccc(Cl)c(F)c2)cc1C. The summed E-state index contributed by atoms with van der Waals surface area (Å²) in [7, 11) is 0. The number of hydrazine groups is 1. The number of hydrogen-bond donors (Lipinski definition) is 2. The molecule has 0 saturated carbocycles. The largest absolute Gasteiger partial charge is 0.271 e. The molecule has 0 bridgehead atoms. The van der Waals surface area contributed by atoms with E-state index in [0.717, 1.165) is 11.1 Å². The van der Waals surface area contributed by atoms with Crippen molar-refractivity contribution in [2.24, 2.45) is 5.84 Å². The molecular formula is C16H18ClFN2. The molecule has 4 heteroatoms. The Balaban J connectivity index is 2.23. The maximum absolute atomic E-state index is 13.5. The van der Waals surface area contributed by atoms with Gasteiger partial charge in [0.1, 0.15) is 5.82 Å². The van der Waals surface area contributed by atoms with Crippen LogP contribution in [0, 0.1) is 19.7 Å². The van der Waals surface area contributed by atoms with E-state index in [-0.39, 0.29) is 11.1 Å². The van der Waals surface area contributed by atoms with E-state index >= 15 is 0 Å². The number of aryl methyl sites for hydroxylation is 2. The van der Waals surface area contributed by atoms with E-state index < -0.39 is 5.82 Å². The summed E-state index contributed by atoms with van der Waals surface area (Å²) in [6.45, 7) is 4.15. The normalized spacial score (nSPS) is 12.4. The topological polar surface area (TPSA) is 38.0 Å². The number of benzene rings is 2. The van der Waals surface area contributed by atoms with Gasteiger partial charge in [-0.05, 0) is 54.7 Å². The van der Waals surface area contributed by atoms with Crippen molar-refractivity contribution in [1.82, 2.24) is 5.43 Å². The molecule has 1 unspecified atom stereocenters. The second-order valence-electron chi connectivity index (χ2n) is 5.02. The fourth-order valence-corrected chi connectivity index (χ4v) is 2.29. The monoisotopic (exact) mass is 292 g/mol. The third-order valence-electron chi connectivity index (χ3n) is 3.56. The first kappa shape index (κ1) is 15.0. The summed E-state index contributed by atoms with van der Waals surface area (Å²) in [6.07, 6.45) is 0.693. The molecule has 0 amide bonds. The van der Waals surface area contributed by atoms with Gasteiger partial charge in [-0.1, -0.05) is 35.9 Å². The van der Waals surface area contributed by atoms with Crippen molar-refractivity contribution in [2.75, 3.05) is 0 Å². The van der Waals surface area contributed by atoms with E-state index in [1.165, 1.54) is 17.2 Å². The Morgan fingerprint density at radius 3 is 2.50 bits per heavy atom. The van der Waals surface area contributed by atoms with Crippen LogP contribution in [0.25, 0.3) is 0 Å². The molecule has 2 aromatic rings.